The zero-order valence-electron chi connectivity index (χ0n) is 7.81. The molecule has 2 aromatic rings. The van der Waals surface area contributed by atoms with Crippen molar-refractivity contribution in [1.29, 1.82) is 0 Å². The first-order valence-electron chi connectivity index (χ1n) is 4.22. The quantitative estimate of drug-likeness (QED) is 0.859. The lowest BCUT2D eigenvalue weighted by Crippen LogP contribution is -1.94. The fraction of sp³-hybridized carbons (Fsp3) is 0.100. The summed E-state index contributed by atoms with van der Waals surface area (Å²) in [6.07, 6.45) is 0. The van der Waals surface area contributed by atoms with Gasteiger partial charge in [0.2, 0.25) is 0 Å². The molecule has 3 nitrogen and oxygen atoms in total. The first-order chi connectivity index (χ1) is 6.81. The smallest absolute Gasteiger partial charge is 0.170 e. The van der Waals surface area contributed by atoms with E-state index in [9.17, 15) is 4.39 Å². The molecule has 0 spiro atoms. The Bertz CT molecular complexity index is 444. The molecule has 0 saturated heterocycles. The summed E-state index contributed by atoms with van der Waals surface area (Å²) in [5.41, 5.74) is 6.38. The Balaban J connectivity index is 0.00000112. The lowest BCUT2D eigenvalue weighted by Gasteiger charge is -1.95. The molecular weight excluding hydrogens is 219 g/mol. The van der Waals surface area contributed by atoms with Crippen LogP contribution >= 0.6 is 12.4 Å². The molecule has 0 fully saturated rings. The lowest BCUT2D eigenvalue weighted by molar-refractivity contribution is 0.421. The molecule has 1 aromatic heterocycles. The summed E-state index contributed by atoms with van der Waals surface area (Å²) in [6, 6.07) is 8.01. The van der Waals surface area contributed by atoms with E-state index < -0.39 is 0 Å². The van der Waals surface area contributed by atoms with Crippen LogP contribution in [0.15, 0.2) is 34.9 Å². The second kappa shape index (κ2) is 4.91. The standard InChI is InChI=1S/C10H9FN2O.ClH/c11-9-4-2-1-3-8(9)10-5-7(6-12)13-14-10;/h1-5H,6,12H2;1H. The minimum absolute atomic E-state index is 0. The minimum atomic E-state index is -0.327. The first kappa shape index (κ1) is 11.7. The van der Waals surface area contributed by atoms with Crippen LogP contribution in [-0.4, -0.2) is 5.16 Å². The number of halogens is 2. The Morgan fingerprint density at radius 3 is 2.67 bits per heavy atom. The predicted molar refractivity (Wildman–Crippen MR) is 57.0 cm³/mol. The van der Waals surface area contributed by atoms with Crippen LogP contribution in [0.3, 0.4) is 0 Å². The molecule has 5 heteroatoms. The molecule has 0 atom stereocenters. The summed E-state index contributed by atoms with van der Waals surface area (Å²) in [4.78, 5) is 0. The van der Waals surface area contributed by atoms with Gasteiger partial charge >= 0.3 is 0 Å². The summed E-state index contributed by atoms with van der Waals surface area (Å²) in [7, 11) is 0. The Morgan fingerprint density at radius 2 is 2.07 bits per heavy atom. The normalized spacial score (nSPS) is 9.73. The molecule has 0 saturated carbocycles. The van der Waals surface area contributed by atoms with Gasteiger partial charge in [-0.05, 0) is 12.1 Å². The fourth-order valence-corrected chi connectivity index (χ4v) is 1.20. The highest BCUT2D eigenvalue weighted by Crippen LogP contribution is 2.22. The second-order valence-corrected chi connectivity index (χ2v) is 2.87. The first-order valence-corrected chi connectivity index (χ1v) is 4.22. The van der Waals surface area contributed by atoms with E-state index in [4.69, 9.17) is 10.3 Å². The molecular formula is C10H10ClFN2O. The minimum Gasteiger partial charge on any atom is -0.356 e. The molecule has 0 aliphatic carbocycles. The Hall–Kier alpha value is -1.39. The monoisotopic (exact) mass is 228 g/mol. The van der Waals surface area contributed by atoms with Crippen LogP contribution in [0, 0.1) is 5.82 Å². The van der Waals surface area contributed by atoms with Crippen LogP contribution in [0.25, 0.3) is 11.3 Å². The number of hydrogen-bond donors (Lipinski definition) is 1. The van der Waals surface area contributed by atoms with Gasteiger partial charge in [-0.1, -0.05) is 17.3 Å². The van der Waals surface area contributed by atoms with Gasteiger partial charge in [0.15, 0.2) is 5.76 Å². The number of nitrogens with two attached hydrogens (primary N) is 1. The Labute approximate surface area is 92.5 Å². The van der Waals surface area contributed by atoms with Crippen molar-refractivity contribution in [1.82, 2.24) is 5.16 Å². The molecule has 0 radical (unpaired) electrons. The number of hydrogen-bond acceptors (Lipinski definition) is 3. The number of aromatic nitrogens is 1. The Kier molecular flexibility index (Phi) is 3.82. The summed E-state index contributed by atoms with van der Waals surface area (Å²) in [5, 5.41) is 3.69. The van der Waals surface area contributed by atoms with Crippen molar-refractivity contribution < 1.29 is 8.91 Å². The average Bonchev–Trinajstić information content (AvgIpc) is 2.67. The zero-order valence-corrected chi connectivity index (χ0v) is 8.63. The SMILES string of the molecule is Cl.NCc1cc(-c2ccccc2F)on1. The van der Waals surface area contributed by atoms with Crippen LogP contribution in [0.4, 0.5) is 4.39 Å². The van der Waals surface area contributed by atoms with Gasteiger partial charge in [-0.15, -0.1) is 12.4 Å². The van der Waals surface area contributed by atoms with Crippen molar-refractivity contribution in [3.8, 4) is 11.3 Å². The van der Waals surface area contributed by atoms with Crippen molar-refractivity contribution in [2.24, 2.45) is 5.73 Å². The second-order valence-electron chi connectivity index (χ2n) is 2.87. The van der Waals surface area contributed by atoms with E-state index in [1.54, 1.807) is 24.3 Å². The molecule has 0 aliphatic rings. The highest BCUT2D eigenvalue weighted by molar-refractivity contribution is 5.85. The van der Waals surface area contributed by atoms with Crippen molar-refractivity contribution >= 4 is 12.4 Å². The maximum absolute atomic E-state index is 13.3. The predicted octanol–water partition coefficient (Wildman–Crippen LogP) is 2.36. The van der Waals surface area contributed by atoms with Crippen LogP contribution < -0.4 is 5.73 Å². The molecule has 0 aliphatic heterocycles. The molecule has 0 bridgehead atoms. The van der Waals surface area contributed by atoms with Gasteiger partial charge in [-0.3, -0.25) is 0 Å². The highest BCUT2D eigenvalue weighted by Gasteiger charge is 2.09. The van der Waals surface area contributed by atoms with E-state index >= 15 is 0 Å². The molecule has 0 unspecified atom stereocenters. The molecule has 1 heterocycles. The van der Waals surface area contributed by atoms with Crippen molar-refractivity contribution in [2.45, 2.75) is 6.54 Å². The van der Waals surface area contributed by atoms with Gasteiger partial charge < -0.3 is 10.3 Å². The molecule has 2 rings (SSSR count). The van der Waals surface area contributed by atoms with Crippen LogP contribution in [-0.2, 0) is 6.54 Å². The number of rotatable bonds is 2. The molecule has 2 N–H and O–H groups in total. The third-order valence-corrected chi connectivity index (χ3v) is 1.91. The van der Waals surface area contributed by atoms with Gasteiger partial charge in [0.1, 0.15) is 5.82 Å². The van der Waals surface area contributed by atoms with E-state index in [2.05, 4.69) is 5.16 Å². The van der Waals surface area contributed by atoms with Crippen LogP contribution in [0.5, 0.6) is 0 Å². The Morgan fingerprint density at radius 1 is 1.33 bits per heavy atom. The van der Waals surface area contributed by atoms with Gasteiger partial charge in [0, 0.05) is 12.6 Å². The molecule has 80 valence electrons. The topological polar surface area (TPSA) is 52.0 Å². The number of benzene rings is 1. The van der Waals surface area contributed by atoms with Gasteiger partial charge in [-0.2, -0.15) is 0 Å². The van der Waals surface area contributed by atoms with E-state index in [1.165, 1.54) is 6.07 Å². The fourth-order valence-electron chi connectivity index (χ4n) is 1.20. The third-order valence-electron chi connectivity index (χ3n) is 1.91. The highest BCUT2D eigenvalue weighted by atomic mass is 35.5. The maximum Gasteiger partial charge on any atom is 0.170 e. The summed E-state index contributed by atoms with van der Waals surface area (Å²) in [5.74, 6) is 0.0794. The number of nitrogens with zero attached hydrogens (tertiary/aromatic N) is 1. The van der Waals surface area contributed by atoms with Gasteiger partial charge in [-0.25, -0.2) is 4.39 Å². The van der Waals surface area contributed by atoms with Crippen LogP contribution in [0.2, 0.25) is 0 Å². The van der Waals surface area contributed by atoms with E-state index in [-0.39, 0.29) is 24.8 Å². The summed E-state index contributed by atoms with van der Waals surface area (Å²) in [6.45, 7) is 0.290. The molecule has 1 aromatic carbocycles. The zero-order chi connectivity index (χ0) is 9.97. The van der Waals surface area contributed by atoms with E-state index in [0.29, 0.717) is 17.0 Å². The molecule has 15 heavy (non-hydrogen) atoms. The average molecular weight is 229 g/mol. The largest absolute Gasteiger partial charge is 0.356 e. The molecule has 0 amide bonds. The maximum atomic E-state index is 13.3. The van der Waals surface area contributed by atoms with Crippen molar-refractivity contribution in [2.75, 3.05) is 0 Å². The van der Waals surface area contributed by atoms with Gasteiger partial charge in [0.05, 0.1) is 11.3 Å². The third kappa shape index (κ3) is 2.34. The van der Waals surface area contributed by atoms with Gasteiger partial charge in [0.25, 0.3) is 0 Å². The van der Waals surface area contributed by atoms with Crippen LogP contribution in [0.1, 0.15) is 5.69 Å². The van der Waals surface area contributed by atoms with E-state index in [0.717, 1.165) is 0 Å². The van der Waals surface area contributed by atoms with E-state index in [1.807, 2.05) is 0 Å². The van der Waals surface area contributed by atoms with Crippen molar-refractivity contribution in [3.05, 3.63) is 41.8 Å². The summed E-state index contributed by atoms with van der Waals surface area (Å²) >= 11 is 0. The van der Waals surface area contributed by atoms with Crippen molar-refractivity contribution in [3.63, 3.8) is 0 Å². The summed E-state index contributed by atoms with van der Waals surface area (Å²) < 4.78 is 18.2. The lowest BCUT2D eigenvalue weighted by atomic mass is 10.1.